The highest BCUT2D eigenvalue weighted by Crippen LogP contribution is 2.32. The minimum Gasteiger partial charge on any atom is -0.490 e. The second-order valence-electron chi connectivity index (χ2n) is 6.46. The molecule has 1 fully saturated rings. The lowest BCUT2D eigenvalue weighted by Crippen LogP contribution is -2.33. The van der Waals surface area contributed by atoms with Crippen LogP contribution in [0.3, 0.4) is 0 Å². The number of amides is 1. The molecule has 1 unspecified atom stereocenters. The Bertz CT molecular complexity index is 787. The van der Waals surface area contributed by atoms with Crippen LogP contribution in [0.5, 0.6) is 5.75 Å². The lowest BCUT2D eigenvalue weighted by molar-refractivity contribution is -0.101. The van der Waals surface area contributed by atoms with Crippen molar-refractivity contribution in [2.45, 2.75) is 19.2 Å². The van der Waals surface area contributed by atoms with E-state index >= 15 is 0 Å². The maximum atomic E-state index is 12.9. The molecule has 0 radical (unpaired) electrons. The zero-order valence-electron chi connectivity index (χ0n) is 14.3. The van der Waals surface area contributed by atoms with Crippen LogP contribution in [0, 0.1) is 0 Å². The molecule has 0 aromatic heterocycles. The Balaban J connectivity index is 1.46. The van der Waals surface area contributed by atoms with E-state index in [1.165, 1.54) is 0 Å². The lowest BCUT2D eigenvalue weighted by Gasteiger charge is -2.23. The normalized spacial score (nSPS) is 19.5. The molecular formula is C20H20BrNO4. The van der Waals surface area contributed by atoms with Gasteiger partial charge in [0.25, 0.3) is 5.91 Å². The average Bonchev–Trinajstić information content (AvgIpc) is 2.99. The summed E-state index contributed by atoms with van der Waals surface area (Å²) in [5.74, 6) is 0.638. The van der Waals surface area contributed by atoms with Gasteiger partial charge in [-0.15, -0.1) is 0 Å². The Morgan fingerprint density at radius 3 is 2.77 bits per heavy atom. The molecule has 6 heteroatoms. The van der Waals surface area contributed by atoms with Crippen molar-refractivity contribution in [2.24, 2.45) is 0 Å². The van der Waals surface area contributed by atoms with Gasteiger partial charge in [0.05, 0.1) is 25.4 Å². The van der Waals surface area contributed by atoms with E-state index < -0.39 is 0 Å². The summed E-state index contributed by atoms with van der Waals surface area (Å²) in [6, 6.07) is 13.8. The van der Waals surface area contributed by atoms with E-state index in [4.69, 9.17) is 14.2 Å². The second-order valence-corrected chi connectivity index (χ2v) is 7.37. The van der Waals surface area contributed by atoms with Crippen LogP contribution in [0.25, 0.3) is 0 Å². The van der Waals surface area contributed by atoms with E-state index in [-0.39, 0.29) is 12.0 Å². The van der Waals surface area contributed by atoms with E-state index in [1.54, 1.807) is 0 Å². The van der Waals surface area contributed by atoms with Gasteiger partial charge in [0, 0.05) is 17.6 Å². The van der Waals surface area contributed by atoms with Gasteiger partial charge in [-0.05, 0) is 29.3 Å². The standard InChI is InChI=1S/C20H20BrNO4/c21-16-6-4-14(5-7-16)10-22-11-15-2-1-3-18(19(15)20(22)23)26-13-17-12-24-8-9-25-17/h1-7,17H,8-13H2. The molecule has 26 heavy (non-hydrogen) atoms. The van der Waals surface area contributed by atoms with Gasteiger partial charge in [0.15, 0.2) is 0 Å². The molecule has 1 atom stereocenters. The van der Waals surface area contributed by atoms with Gasteiger partial charge in [-0.1, -0.05) is 40.2 Å². The Morgan fingerprint density at radius 2 is 2.00 bits per heavy atom. The number of carbonyl (C=O) groups excluding carboxylic acids is 1. The van der Waals surface area contributed by atoms with Crippen LogP contribution in [0.1, 0.15) is 21.5 Å². The van der Waals surface area contributed by atoms with Crippen LogP contribution >= 0.6 is 15.9 Å². The Morgan fingerprint density at radius 1 is 1.15 bits per heavy atom. The molecule has 0 aliphatic carbocycles. The lowest BCUT2D eigenvalue weighted by atomic mass is 10.1. The maximum absolute atomic E-state index is 12.9. The number of ether oxygens (including phenoxy) is 3. The SMILES string of the molecule is O=C1c2c(cccc2OCC2COCCO2)CN1Cc1ccc(Br)cc1. The quantitative estimate of drug-likeness (QED) is 0.747. The van der Waals surface area contributed by atoms with Gasteiger partial charge in [-0.3, -0.25) is 4.79 Å². The number of hydrogen-bond donors (Lipinski definition) is 0. The number of nitrogens with zero attached hydrogens (tertiary/aromatic N) is 1. The molecule has 0 bridgehead atoms. The third kappa shape index (κ3) is 3.77. The maximum Gasteiger partial charge on any atom is 0.258 e. The van der Waals surface area contributed by atoms with E-state index in [0.29, 0.717) is 50.8 Å². The van der Waals surface area contributed by atoms with Crippen molar-refractivity contribution in [3.05, 3.63) is 63.6 Å². The van der Waals surface area contributed by atoms with Crippen LogP contribution in [-0.4, -0.2) is 43.3 Å². The first-order chi connectivity index (χ1) is 12.7. The zero-order chi connectivity index (χ0) is 17.9. The first-order valence-electron chi connectivity index (χ1n) is 8.68. The number of rotatable bonds is 5. The topological polar surface area (TPSA) is 48.0 Å². The van der Waals surface area contributed by atoms with Crippen molar-refractivity contribution in [1.82, 2.24) is 4.90 Å². The van der Waals surface area contributed by atoms with E-state index in [2.05, 4.69) is 15.9 Å². The number of carbonyl (C=O) groups is 1. The van der Waals surface area contributed by atoms with Crippen molar-refractivity contribution in [1.29, 1.82) is 0 Å². The highest BCUT2D eigenvalue weighted by atomic mass is 79.9. The largest absolute Gasteiger partial charge is 0.490 e. The fourth-order valence-electron chi connectivity index (χ4n) is 3.26. The molecule has 1 amide bonds. The molecule has 2 aliphatic rings. The van der Waals surface area contributed by atoms with Crippen LogP contribution in [0.4, 0.5) is 0 Å². The molecule has 2 aliphatic heterocycles. The summed E-state index contributed by atoms with van der Waals surface area (Å²) >= 11 is 3.44. The predicted octanol–water partition coefficient (Wildman–Crippen LogP) is 3.40. The van der Waals surface area contributed by atoms with Gasteiger partial charge in [-0.25, -0.2) is 0 Å². The Hall–Kier alpha value is -1.89. The summed E-state index contributed by atoms with van der Waals surface area (Å²) < 4.78 is 17.9. The molecule has 136 valence electrons. The van der Waals surface area contributed by atoms with E-state index in [9.17, 15) is 4.79 Å². The number of benzene rings is 2. The molecular weight excluding hydrogens is 398 g/mol. The minimum atomic E-state index is -0.0880. The molecule has 4 rings (SSSR count). The zero-order valence-corrected chi connectivity index (χ0v) is 15.9. The van der Waals surface area contributed by atoms with Crippen molar-refractivity contribution >= 4 is 21.8 Å². The van der Waals surface area contributed by atoms with Gasteiger partial charge >= 0.3 is 0 Å². The van der Waals surface area contributed by atoms with Crippen LogP contribution in [0.2, 0.25) is 0 Å². The van der Waals surface area contributed by atoms with Gasteiger partial charge in [0.1, 0.15) is 18.5 Å². The third-order valence-electron chi connectivity index (χ3n) is 4.57. The molecule has 1 saturated heterocycles. The van der Waals surface area contributed by atoms with Crippen LogP contribution in [0.15, 0.2) is 46.9 Å². The summed E-state index contributed by atoms with van der Waals surface area (Å²) in [4.78, 5) is 14.8. The van der Waals surface area contributed by atoms with Crippen molar-refractivity contribution in [3.63, 3.8) is 0 Å². The number of hydrogen-bond acceptors (Lipinski definition) is 4. The van der Waals surface area contributed by atoms with E-state index in [1.807, 2.05) is 47.4 Å². The second kappa shape index (κ2) is 7.78. The average molecular weight is 418 g/mol. The smallest absolute Gasteiger partial charge is 0.258 e. The van der Waals surface area contributed by atoms with E-state index in [0.717, 1.165) is 15.6 Å². The van der Waals surface area contributed by atoms with Gasteiger partial charge in [-0.2, -0.15) is 0 Å². The van der Waals surface area contributed by atoms with Crippen LogP contribution < -0.4 is 4.74 Å². The summed E-state index contributed by atoms with van der Waals surface area (Å²) in [6.07, 6.45) is -0.0880. The molecule has 2 heterocycles. The summed E-state index contributed by atoms with van der Waals surface area (Å²) in [5.41, 5.74) is 2.77. The predicted molar refractivity (Wildman–Crippen MR) is 100 cm³/mol. The molecule has 0 saturated carbocycles. The summed E-state index contributed by atoms with van der Waals surface area (Å²) in [6.45, 7) is 3.31. The molecule has 5 nitrogen and oxygen atoms in total. The first kappa shape index (κ1) is 17.5. The number of fused-ring (bicyclic) bond motifs is 1. The van der Waals surface area contributed by atoms with Gasteiger partial charge < -0.3 is 19.1 Å². The summed E-state index contributed by atoms with van der Waals surface area (Å²) in [5, 5.41) is 0. The monoisotopic (exact) mass is 417 g/mol. The number of halogens is 1. The van der Waals surface area contributed by atoms with Crippen molar-refractivity contribution < 1.29 is 19.0 Å². The Labute approximate surface area is 161 Å². The third-order valence-corrected chi connectivity index (χ3v) is 5.10. The van der Waals surface area contributed by atoms with Crippen molar-refractivity contribution in [3.8, 4) is 5.75 Å². The van der Waals surface area contributed by atoms with Crippen LogP contribution in [-0.2, 0) is 22.6 Å². The fourth-order valence-corrected chi connectivity index (χ4v) is 3.52. The highest BCUT2D eigenvalue weighted by molar-refractivity contribution is 9.10. The highest BCUT2D eigenvalue weighted by Gasteiger charge is 2.31. The first-order valence-corrected chi connectivity index (χ1v) is 9.48. The minimum absolute atomic E-state index is 0.0133. The van der Waals surface area contributed by atoms with Crippen molar-refractivity contribution in [2.75, 3.05) is 26.4 Å². The Kier molecular flexibility index (Phi) is 5.24. The molecule has 0 spiro atoms. The molecule has 0 N–H and O–H groups in total. The molecule has 2 aromatic carbocycles. The fraction of sp³-hybridized carbons (Fsp3) is 0.350. The van der Waals surface area contributed by atoms with Gasteiger partial charge in [0.2, 0.25) is 0 Å². The molecule has 2 aromatic rings. The summed E-state index contributed by atoms with van der Waals surface area (Å²) in [7, 11) is 0.